The number of anilines is 1. The third-order valence-corrected chi connectivity index (χ3v) is 7.37. The minimum atomic E-state index is 0.414. The summed E-state index contributed by atoms with van der Waals surface area (Å²) in [6.45, 7) is 6.09. The lowest BCUT2D eigenvalue weighted by Crippen LogP contribution is -2.50. The van der Waals surface area contributed by atoms with Crippen molar-refractivity contribution in [2.75, 3.05) is 51.4 Å². The van der Waals surface area contributed by atoms with Gasteiger partial charge in [0, 0.05) is 48.1 Å². The number of morpholine rings is 1. The highest BCUT2D eigenvalue weighted by atomic mass is 35.5. The van der Waals surface area contributed by atoms with Crippen LogP contribution in [-0.2, 0) is 9.47 Å². The van der Waals surface area contributed by atoms with Gasteiger partial charge in [-0.1, -0.05) is 23.7 Å². The molecule has 8 heteroatoms. The Morgan fingerprint density at radius 1 is 1.13 bits per heavy atom. The second-order valence-electron chi connectivity index (χ2n) is 7.77. The highest BCUT2D eigenvalue weighted by Gasteiger charge is 2.31. The van der Waals surface area contributed by atoms with Crippen molar-refractivity contribution in [1.82, 2.24) is 14.9 Å². The molecule has 0 amide bonds. The number of benzene rings is 1. The van der Waals surface area contributed by atoms with Crippen LogP contribution in [0, 0.1) is 5.92 Å². The number of hydrogen-bond donors (Lipinski definition) is 1. The molecular weight excluding hydrogens is 420 g/mol. The van der Waals surface area contributed by atoms with Crippen molar-refractivity contribution in [3.8, 4) is 10.4 Å². The molecule has 2 saturated heterocycles. The zero-order chi connectivity index (χ0) is 20.3. The first kappa shape index (κ1) is 20.2. The molecule has 2 aliphatic rings. The first-order chi connectivity index (χ1) is 14.8. The van der Waals surface area contributed by atoms with E-state index in [1.54, 1.807) is 17.7 Å². The summed E-state index contributed by atoms with van der Waals surface area (Å²) in [5.41, 5.74) is 2.11. The van der Waals surface area contributed by atoms with Crippen molar-refractivity contribution in [3.05, 3.63) is 41.7 Å². The summed E-state index contributed by atoms with van der Waals surface area (Å²) >= 11 is 7.76. The van der Waals surface area contributed by atoms with Gasteiger partial charge in [0.05, 0.1) is 30.0 Å². The van der Waals surface area contributed by atoms with Crippen LogP contribution in [0.1, 0.15) is 6.42 Å². The van der Waals surface area contributed by atoms with Gasteiger partial charge in [-0.15, -0.1) is 11.3 Å². The number of rotatable bonds is 6. The standard InChI is InChI=1S/C22H25ClN4O2S/c23-17-3-1-15(2-4-17)20-11-18-21(30-20)22(26-14-25-18)24-12-19(16-5-8-29-13-16)27-6-9-28-10-7-27/h1-4,11,14,16,19H,5-10,12-13H2,(H,24,25,26)/t16-,19+/m1/s1. The molecular formula is C22H25ClN4O2S. The fraction of sp³-hybridized carbons (Fsp3) is 0.455. The Labute approximate surface area is 185 Å². The lowest BCUT2D eigenvalue weighted by molar-refractivity contribution is 0.00460. The second kappa shape index (κ2) is 9.16. The Hall–Kier alpha value is -1.77. The zero-order valence-corrected chi connectivity index (χ0v) is 18.3. The molecule has 158 valence electrons. The maximum absolute atomic E-state index is 6.04. The van der Waals surface area contributed by atoms with Gasteiger partial charge in [-0.25, -0.2) is 9.97 Å². The first-order valence-corrected chi connectivity index (χ1v) is 11.6. The number of fused-ring (bicyclic) bond motifs is 1. The van der Waals surface area contributed by atoms with Crippen LogP contribution in [0.25, 0.3) is 20.7 Å². The van der Waals surface area contributed by atoms with E-state index in [9.17, 15) is 0 Å². The molecule has 0 saturated carbocycles. The molecule has 0 bridgehead atoms. The smallest absolute Gasteiger partial charge is 0.147 e. The van der Waals surface area contributed by atoms with Gasteiger partial charge < -0.3 is 14.8 Å². The summed E-state index contributed by atoms with van der Waals surface area (Å²) in [7, 11) is 0. The van der Waals surface area contributed by atoms with Crippen molar-refractivity contribution in [2.24, 2.45) is 5.92 Å². The average molecular weight is 445 g/mol. The normalized spacial score (nSPS) is 21.2. The largest absolute Gasteiger partial charge is 0.381 e. The molecule has 0 radical (unpaired) electrons. The Morgan fingerprint density at radius 2 is 1.97 bits per heavy atom. The maximum atomic E-state index is 6.04. The highest BCUT2D eigenvalue weighted by molar-refractivity contribution is 7.22. The van der Waals surface area contributed by atoms with Crippen molar-refractivity contribution in [3.63, 3.8) is 0 Å². The Kier molecular flexibility index (Phi) is 6.15. The molecule has 6 nitrogen and oxygen atoms in total. The number of nitrogens with one attached hydrogen (secondary N) is 1. The van der Waals surface area contributed by atoms with Gasteiger partial charge in [0.2, 0.25) is 0 Å². The highest BCUT2D eigenvalue weighted by Crippen LogP contribution is 2.36. The summed E-state index contributed by atoms with van der Waals surface area (Å²) in [5.74, 6) is 1.45. The maximum Gasteiger partial charge on any atom is 0.147 e. The molecule has 0 spiro atoms. The van der Waals surface area contributed by atoms with Crippen LogP contribution in [0.2, 0.25) is 5.02 Å². The van der Waals surface area contributed by atoms with E-state index in [1.807, 2.05) is 24.3 Å². The summed E-state index contributed by atoms with van der Waals surface area (Å²) in [6, 6.07) is 10.5. The monoisotopic (exact) mass is 444 g/mol. The van der Waals surface area contributed by atoms with Crippen LogP contribution >= 0.6 is 22.9 Å². The van der Waals surface area contributed by atoms with Gasteiger partial charge in [0.25, 0.3) is 0 Å². The predicted octanol–water partition coefficient (Wildman–Crippen LogP) is 4.16. The number of halogens is 1. The zero-order valence-electron chi connectivity index (χ0n) is 16.7. The molecule has 2 atom stereocenters. The van der Waals surface area contributed by atoms with Gasteiger partial charge in [0.1, 0.15) is 12.1 Å². The van der Waals surface area contributed by atoms with E-state index in [0.717, 1.165) is 79.1 Å². The third-order valence-electron chi connectivity index (χ3n) is 5.94. The second-order valence-corrected chi connectivity index (χ2v) is 9.26. The minimum absolute atomic E-state index is 0.414. The molecule has 0 aliphatic carbocycles. The predicted molar refractivity (Wildman–Crippen MR) is 121 cm³/mol. The Morgan fingerprint density at radius 3 is 2.73 bits per heavy atom. The van der Waals surface area contributed by atoms with Crippen molar-refractivity contribution in [2.45, 2.75) is 12.5 Å². The number of nitrogens with zero attached hydrogens (tertiary/aromatic N) is 3. The molecule has 2 aliphatic heterocycles. The van der Waals surface area contributed by atoms with Gasteiger partial charge in [-0.05, 0) is 30.2 Å². The molecule has 2 aromatic heterocycles. The number of thiophene rings is 1. The van der Waals surface area contributed by atoms with Crippen LogP contribution in [0.4, 0.5) is 5.82 Å². The number of aromatic nitrogens is 2. The first-order valence-electron chi connectivity index (χ1n) is 10.4. The fourth-order valence-electron chi connectivity index (χ4n) is 4.30. The van der Waals surface area contributed by atoms with E-state index < -0.39 is 0 Å². The van der Waals surface area contributed by atoms with E-state index in [4.69, 9.17) is 21.1 Å². The summed E-state index contributed by atoms with van der Waals surface area (Å²) in [6.07, 6.45) is 2.76. The van der Waals surface area contributed by atoms with Gasteiger partial charge in [-0.2, -0.15) is 0 Å². The molecule has 5 rings (SSSR count). The molecule has 2 fully saturated rings. The van der Waals surface area contributed by atoms with E-state index in [1.165, 1.54) is 4.88 Å². The molecule has 30 heavy (non-hydrogen) atoms. The average Bonchev–Trinajstić information content (AvgIpc) is 3.46. The van der Waals surface area contributed by atoms with E-state index >= 15 is 0 Å². The number of hydrogen-bond acceptors (Lipinski definition) is 7. The van der Waals surface area contributed by atoms with Crippen LogP contribution < -0.4 is 5.32 Å². The van der Waals surface area contributed by atoms with Gasteiger partial charge >= 0.3 is 0 Å². The molecule has 4 heterocycles. The summed E-state index contributed by atoms with van der Waals surface area (Å²) in [5, 5.41) is 4.38. The quantitative estimate of drug-likeness (QED) is 0.616. The van der Waals surface area contributed by atoms with Crippen molar-refractivity contribution >= 4 is 39.0 Å². The van der Waals surface area contributed by atoms with E-state index in [2.05, 4.69) is 26.3 Å². The van der Waals surface area contributed by atoms with Crippen molar-refractivity contribution in [1.29, 1.82) is 0 Å². The van der Waals surface area contributed by atoms with E-state index in [0.29, 0.717) is 12.0 Å². The summed E-state index contributed by atoms with van der Waals surface area (Å²) < 4.78 is 12.3. The van der Waals surface area contributed by atoms with Crippen LogP contribution in [0.5, 0.6) is 0 Å². The van der Waals surface area contributed by atoms with Gasteiger partial charge in [-0.3, -0.25) is 4.90 Å². The fourth-order valence-corrected chi connectivity index (χ4v) is 5.51. The topological polar surface area (TPSA) is 59.5 Å². The SMILES string of the molecule is Clc1ccc(-c2cc3ncnc(NC[C@@H]([C@@H]4CCOC4)N4CCOCC4)c3s2)cc1. The van der Waals surface area contributed by atoms with Crippen LogP contribution in [0.3, 0.4) is 0 Å². The van der Waals surface area contributed by atoms with Crippen LogP contribution in [0.15, 0.2) is 36.7 Å². The molecule has 1 aromatic carbocycles. The lowest BCUT2D eigenvalue weighted by atomic mass is 9.97. The third kappa shape index (κ3) is 4.31. The Bertz CT molecular complexity index is 984. The Balaban J connectivity index is 1.37. The van der Waals surface area contributed by atoms with E-state index in [-0.39, 0.29) is 0 Å². The number of ether oxygens (including phenoxy) is 2. The van der Waals surface area contributed by atoms with Gasteiger partial charge in [0.15, 0.2) is 0 Å². The molecule has 1 N–H and O–H groups in total. The molecule has 3 aromatic rings. The minimum Gasteiger partial charge on any atom is -0.381 e. The summed E-state index contributed by atoms with van der Waals surface area (Å²) in [4.78, 5) is 12.8. The van der Waals surface area contributed by atoms with Crippen LogP contribution in [-0.4, -0.2) is 67.0 Å². The molecule has 0 unspecified atom stereocenters. The van der Waals surface area contributed by atoms with Crippen molar-refractivity contribution < 1.29 is 9.47 Å². The lowest BCUT2D eigenvalue weighted by Gasteiger charge is -2.37.